The largest absolute Gasteiger partial charge is 0.384 e. The van der Waals surface area contributed by atoms with Crippen LogP contribution in [0.25, 0.3) is 0 Å². The zero-order valence-corrected chi connectivity index (χ0v) is 12.1. The zero-order valence-electron chi connectivity index (χ0n) is 11.2. The van der Waals surface area contributed by atoms with Crippen LogP contribution in [0.2, 0.25) is 0 Å². The number of para-hydroxylation sites is 1. The summed E-state index contributed by atoms with van der Waals surface area (Å²) in [6, 6.07) is 11.0. The summed E-state index contributed by atoms with van der Waals surface area (Å²) in [6.07, 6.45) is 0. The van der Waals surface area contributed by atoms with Gasteiger partial charge < -0.3 is 5.73 Å². The van der Waals surface area contributed by atoms with E-state index in [1.54, 1.807) is 24.3 Å². The Morgan fingerprint density at radius 2 is 1.71 bits per heavy atom. The molecule has 0 atom stereocenters. The molecule has 2 aromatic carbocycles. The van der Waals surface area contributed by atoms with Gasteiger partial charge in [-0.1, -0.05) is 12.1 Å². The predicted molar refractivity (Wildman–Crippen MR) is 79.4 cm³/mol. The van der Waals surface area contributed by atoms with Crippen LogP contribution in [-0.4, -0.2) is 21.3 Å². The van der Waals surface area contributed by atoms with E-state index in [0.717, 1.165) is 16.4 Å². The number of hydrogen-bond acceptors (Lipinski definition) is 3. The molecule has 0 radical (unpaired) electrons. The van der Waals surface area contributed by atoms with Gasteiger partial charge in [-0.15, -0.1) is 0 Å². The number of amidine groups is 1. The summed E-state index contributed by atoms with van der Waals surface area (Å²) in [5, 5.41) is 7.51. The van der Waals surface area contributed by atoms with Crippen molar-refractivity contribution in [3.05, 3.63) is 59.9 Å². The van der Waals surface area contributed by atoms with Crippen molar-refractivity contribution in [3.63, 3.8) is 0 Å². The molecule has 21 heavy (non-hydrogen) atoms. The van der Waals surface area contributed by atoms with Crippen LogP contribution in [0.4, 0.5) is 10.1 Å². The maximum atomic E-state index is 12.9. The second kappa shape index (κ2) is 5.53. The van der Waals surface area contributed by atoms with Crippen molar-refractivity contribution in [2.24, 2.45) is 5.73 Å². The smallest absolute Gasteiger partial charge is 0.264 e. The molecule has 0 aliphatic carbocycles. The standard InChI is InChI=1S/C14H14FN3O2S/c1-18(13-5-3-2-4-12(13)14(16)17)21(19,20)11-8-6-10(15)7-9-11/h2-9H,1H3,(H3,16,17). The number of nitrogen functional groups attached to an aromatic ring is 1. The number of sulfonamides is 1. The molecule has 0 bridgehead atoms. The van der Waals surface area contributed by atoms with Gasteiger partial charge in [0.25, 0.3) is 10.0 Å². The Morgan fingerprint density at radius 3 is 2.29 bits per heavy atom. The monoisotopic (exact) mass is 307 g/mol. The van der Waals surface area contributed by atoms with Crippen LogP contribution in [0.3, 0.4) is 0 Å². The molecule has 0 saturated heterocycles. The summed E-state index contributed by atoms with van der Waals surface area (Å²) in [4.78, 5) is -0.0373. The van der Waals surface area contributed by atoms with Crippen molar-refractivity contribution in [1.82, 2.24) is 0 Å². The summed E-state index contributed by atoms with van der Waals surface area (Å²) in [7, 11) is -2.49. The normalized spacial score (nSPS) is 11.1. The Morgan fingerprint density at radius 1 is 1.14 bits per heavy atom. The lowest BCUT2D eigenvalue weighted by Crippen LogP contribution is -2.29. The molecule has 7 heteroatoms. The fourth-order valence-electron chi connectivity index (χ4n) is 1.87. The first kappa shape index (κ1) is 15.0. The van der Waals surface area contributed by atoms with Gasteiger partial charge in [-0.2, -0.15) is 0 Å². The molecule has 0 amide bonds. The van der Waals surface area contributed by atoms with E-state index in [9.17, 15) is 12.8 Å². The van der Waals surface area contributed by atoms with E-state index >= 15 is 0 Å². The summed E-state index contributed by atoms with van der Waals surface area (Å²) >= 11 is 0. The lowest BCUT2D eigenvalue weighted by molar-refractivity contribution is 0.593. The second-order valence-electron chi connectivity index (χ2n) is 4.36. The second-order valence-corrected chi connectivity index (χ2v) is 6.33. The number of benzene rings is 2. The molecule has 0 saturated carbocycles. The van der Waals surface area contributed by atoms with E-state index in [1.807, 2.05) is 0 Å². The van der Waals surface area contributed by atoms with E-state index < -0.39 is 15.8 Å². The Kier molecular flexibility index (Phi) is 3.95. The van der Waals surface area contributed by atoms with Gasteiger partial charge in [-0.05, 0) is 36.4 Å². The van der Waals surface area contributed by atoms with Gasteiger partial charge in [0.05, 0.1) is 10.6 Å². The number of hydrogen-bond donors (Lipinski definition) is 2. The molecular weight excluding hydrogens is 293 g/mol. The van der Waals surface area contributed by atoms with Crippen LogP contribution in [-0.2, 0) is 10.0 Å². The van der Waals surface area contributed by atoms with Gasteiger partial charge in [-0.25, -0.2) is 12.8 Å². The van der Waals surface area contributed by atoms with E-state index in [4.69, 9.17) is 11.1 Å². The number of anilines is 1. The molecule has 110 valence electrons. The van der Waals surface area contributed by atoms with Crippen molar-refractivity contribution < 1.29 is 12.8 Å². The molecule has 0 unspecified atom stereocenters. The van der Waals surface area contributed by atoms with Gasteiger partial charge in [0.1, 0.15) is 11.7 Å². The molecule has 0 fully saturated rings. The van der Waals surface area contributed by atoms with E-state index in [0.29, 0.717) is 5.56 Å². The Balaban J connectivity index is 2.51. The molecule has 0 spiro atoms. The molecular formula is C14H14FN3O2S. The fraction of sp³-hybridized carbons (Fsp3) is 0.0714. The van der Waals surface area contributed by atoms with Crippen LogP contribution < -0.4 is 10.0 Å². The highest BCUT2D eigenvalue weighted by molar-refractivity contribution is 7.92. The van der Waals surface area contributed by atoms with Crippen LogP contribution in [0, 0.1) is 11.2 Å². The Hall–Kier alpha value is -2.41. The Labute approximate surface area is 122 Å². The van der Waals surface area contributed by atoms with E-state index in [1.165, 1.54) is 19.2 Å². The van der Waals surface area contributed by atoms with E-state index in [2.05, 4.69) is 0 Å². The van der Waals surface area contributed by atoms with Crippen molar-refractivity contribution >= 4 is 21.5 Å². The van der Waals surface area contributed by atoms with Gasteiger partial charge in [0.15, 0.2) is 0 Å². The van der Waals surface area contributed by atoms with Crippen molar-refractivity contribution in [2.45, 2.75) is 4.90 Å². The first-order valence-corrected chi connectivity index (χ1v) is 7.46. The zero-order chi connectivity index (χ0) is 15.6. The molecule has 2 aromatic rings. The highest BCUT2D eigenvalue weighted by Gasteiger charge is 2.23. The lowest BCUT2D eigenvalue weighted by atomic mass is 10.1. The van der Waals surface area contributed by atoms with Crippen LogP contribution in [0.5, 0.6) is 0 Å². The minimum absolute atomic E-state index is 0.0373. The third kappa shape index (κ3) is 2.87. The third-order valence-electron chi connectivity index (χ3n) is 3.01. The van der Waals surface area contributed by atoms with Gasteiger partial charge in [-0.3, -0.25) is 9.71 Å². The topological polar surface area (TPSA) is 87.2 Å². The average molecular weight is 307 g/mol. The molecule has 0 heterocycles. The van der Waals surface area contributed by atoms with Crippen LogP contribution >= 0.6 is 0 Å². The average Bonchev–Trinajstić information content (AvgIpc) is 2.46. The highest BCUT2D eigenvalue weighted by atomic mass is 32.2. The maximum absolute atomic E-state index is 12.9. The molecule has 0 aliphatic rings. The Bertz CT molecular complexity index is 773. The van der Waals surface area contributed by atoms with Gasteiger partial charge >= 0.3 is 0 Å². The molecule has 2 rings (SSSR count). The lowest BCUT2D eigenvalue weighted by Gasteiger charge is -2.22. The number of nitrogens with two attached hydrogens (primary N) is 1. The third-order valence-corrected chi connectivity index (χ3v) is 4.79. The fourth-order valence-corrected chi connectivity index (χ4v) is 3.08. The van der Waals surface area contributed by atoms with Gasteiger partial charge in [0.2, 0.25) is 0 Å². The minimum atomic E-state index is -3.85. The predicted octanol–water partition coefficient (Wildman–Crippen LogP) is 1.93. The van der Waals surface area contributed by atoms with Crippen LogP contribution in [0.1, 0.15) is 5.56 Å². The molecule has 0 aliphatic heterocycles. The number of rotatable bonds is 4. The van der Waals surface area contributed by atoms with E-state index in [-0.39, 0.29) is 16.4 Å². The number of nitrogens with zero attached hydrogens (tertiary/aromatic N) is 1. The summed E-state index contributed by atoms with van der Waals surface area (Å²) < 4.78 is 39.0. The van der Waals surface area contributed by atoms with Crippen molar-refractivity contribution in [1.29, 1.82) is 5.41 Å². The first-order valence-electron chi connectivity index (χ1n) is 6.02. The summed E-state index contributed by atoms with van der Waals surface area (Å²) in [6.45, 7) is 0. The first-order chi connectivity index (χ1) is 9.84. The number of halogens is 1. The summed E-state index contributed by atoms with van der Waals surface area (Å²) in [5.74, 6) is -0.743. The number of nitrogens with one attached hydrogen (secondary N) is 1. The van der Waals surface area contributed by atoms with Crippen LogP contribution in [0.15, 0.2) is 53.4 Å². The quantitative estimate of drug-likeness (QED) is 0.668. The highest BCUT2D eigenvalue weighted by Crippen LogP contribution is 2.25. The van der Waals surface area contributed by atoms with Crippen molar-refractivity contribution in [3.8, 4) is 0 Å². The minimum Gasteiger partial charge on any atom is -0.384 e. The molecule has 5 nitrogen and oxygen atoms in total. The molecule has 3 N–H and O–H groups in total. The SMILES string of the molecule is CN(c1ccccc1C(=N)N)S(=O)(=O)c1ccc(F)cc1. The van der Waals surface area contributed by atoms with Crippen molar-refractivity contribution in [2.75, 3.05) is 11.4 Å². The van der Waals surface area contributed by atoms with Gasteiger partial charge in [0, 0.05) is 12.6 Å². The summed E-state index contributed by atoms with van der Waals surface area (Å²) in [5.41, 5.74) is 6.06. The molecule has 0 aromatic heterocycles. The maximum Gasteiger partial charge on any atom is 0.264 e.